The quantitative estimate of drug-likeness (QED) is 0.604. The fourth-order valence-corrected chi connectivity index (χ4v) is 4.14. The highest BCUT2D eigenvalue weighted by molar-refractivity contribution is 7.80. The summed E-state index contributed by atoms with van der Waals surface area (Å²) in [6.07, 6.45) is 0.332. The number of benzene rings is 2. The molecule has 3 rings (SSSR count). The van der Waals surface area contributed by atoms with Crippen LogP contribution in [0.3, 0.4) is 0 Å². The van der Waals surface area contributed by atoms with Crippen molar-refractivity contribution < 1.29 is 9.59 Å². The van der Waals surface area contributed by atoms with E-state index in [0.29, 0.717) is 22.0 Å². The van der Waals surface area contributed by atoms with Crippen LogP contribution in [0.15, 0.2) is 48.5 Å². The van der Waals surface area contributed by atoms with Crippen molar-refractivity contribution in [2.75, 3.05) is 19.4 Å². The lowest BCUT2D eigenvalue weighted by molar-refractivity contribution is -0.127. The summed E-state index contributed by atoms with van der Waals surface area (Å²) in [5.74, 6) is -0.319. The predicted octanol–water partition coefficient (Wildman–Crippen LogP) is 4.31. The van der Waals surface area contributed by atoms with Crippen molar-refractivity contribution in [1.82, 2.24) is 10.2 Å². The molecule has 0 radical (unpaired) electrons. The molecule has 2 amide bonds. The van der Waals surface area contributed by atoms with Crippen LogP contribution in [0.5, 0.6) is 0 Å². The number of rotatable bonds is 4. The van der Waals surface area contributed by atoms with Crippen LogP contribution in [-0.4, -0.2) is 35.9 Å². The molecule has 0 aliphatic heterocycles. The minimum absolute atomic E-state index is 0.0312. The summed E-state index contributed by atoms with van der Waals surface area (Å²) in [5, 5.41) is 7.07. The zero-order valence-corrected chi connectivity index (χ0v) is 17.7. The van der Waals surface area contributed by atoms with Gasteiger partial charge in [-0.05, 0) is 36.0 Å². The second-order valence-corrected chi connectivity index (χ2v) is 8.15. The minimum atomic E-state index is -0.350. The highest BCUT2D eigenvalue weighted by Gasteiger charge is 2.17. The molecule has 1 heterocycles. The maximum atomic E-state index is 12.5. The average molecular weight is 432 g/mol. The molecule has 0 fully saturated rings. The van der Waals surface area contributed by atoms with Crippen molar-refractivity contribution in [2.24, 2.45) is 0 Å². The van der Waals surface area contributed by atoms with Crippen molar-refractivity contribution in [2.45, 2.75) is 6.42 Å². The molecule has 0 bridgehead atoms. The highest BCUT2D eigenvalue weighted by Crippen LogP contribution is 2.34. The van der Waals surface area contributed by atoms with Gasteiger partial charge in [-0.15, -0.1) is 11.3 Å². The Kier molecular flexibility index (Phi) is 6.28. The van der Waals surface area contributed by atoms with Gasteiger partial charge in [0.2, 0.25) is 5.91 Å². The lowest BCUT2D eigenvalue weighted by atomic mass is 10.1. The summed E-state index contributed by atoms with van der Waals surface area (Å²) < 4.78 is 0.944. The summed E-state index contributed by atoms with van der Waals surface area (Å²) in [5.41, 5.74) is 1.62. The molecule has 3 aromatic rings. The summed E-state index contributed by atoms with van der Waals surface area (Å²) in [7, 11) is 3.45. The third kappa shape index (κ3) is 4.67. The van der Waals surface area contributed by atoms with Crippen molar-refractivity contribution >= 4 is 67.9 Å². The molecule has 5 nitrogen and oxygen atoms in total. The van der Waals surface area contributed by atoms with Gasteiger partial charge in [-0.1, -0.05) is 41.9 Å². The Morgan fingerprint density at radius 2 is 1.79 bits per heavy atom. The fourth-order valence-electron chi connectivity index (χ4n) is 2.52. The third-order valence-corrected chi connectivity index (χ3v) is 5.91. The molecule has 8 heteroatoms. The maximum absolute atomic E-state index is 12.5. The standard InChI is InChI=1S/C20H18ClN3O2S2/c1-24(2)16(25)11-12-7-9-13(10-8-12)22-20(27)23-19(26)18-17(21)14-5-3-4-6-15(14)28-18/h3-10H,11H2,1-2H3,(H2,22,23,26,27). The highest BCUT2D eigenvalue weighted by atomic mass is 35.5. The number of anilines is 1. The van der Waals surface area contributed by atoms with Crippen LogP contribution in [-0.2, 0) is 11.2 Å². The van der Waals surface area contributed by atoms with E-state index in [0.717, 1.165) is 15.6 Å². The van der Waals surface area contributed by atoms with Gasteiger partial charge in [0.15, 0.2) is 5.11 Å². The van der Waals surface area contributed by atoms with Crippen molar-refractivity contribution in [1.29, 1.82) is 0 Å². The molecule has 28 heavy (non-hydrogen) atoms. The van der Waals surface area contributed by atoms with Gasteiger partial charge in [0, 0.05) is 29.9 Å². The number of likely N-dealkylation sites (N-methyl/N-ethyl adjacent to an activating group) is 1. The normalized spacial score (nSPS) is 10.5. The van der Waals surface area contributed by atoms with E-state index >= 15 is 0 Å². The SMILES string of the molecule is CN(C)C(=O)Cc1ccc(NC(=S)NC(=O)c2sc3ccccc3c2Cl)cc1. The molecule has 0 saturated heterocycles. The number of thiocarbonyl (C=S) groups is 1. The van der Waals surface area contributed by atoms with E-state index in [1.165, 1.54) is 11.3 Å². The summed E-state index contributed by atoms with van der Waals surface area (Å²) >= 11 is 12.9. The zero-order valence-electron chi connectivity index (χ0n) is 15.3. The first kappa shape index (κ1) is 20.3. The zero-order chi connectivity index (χ0) is 20.3. The van der Waals surface area contributed by atoms with E-state index in [1.54, 1.807) is 19.0 Å². The Morgan fingerprint density at radius 3 is 2.43 bits per heavy atom. The molecular formula is C20H18ClN3O2S2. The lowest BCUT2D eigenvalue weighted by Crippen LogP contribution is -2.33. The van der Waals surface area contributed by atoms with Crippen molar-refractivity contribution in [3.63, 3.8) is 0 Å². The first-order chi connectivity index (χ1) is 13.3. The van der Waals surface area contributed by atoms with Crippen LogP contribution in [0.1, 0.15) is 15.2 Å². The second kappa shape index (κ2) is 8.68. The number of halogens is 1. The first-order valence-corrected chi connectivity index (χ1v) is 10.0. The Bertz CT molecular complexity index is 1050. The number of fused-ring (bicyclic) bond motifs is 1. The first-order valence-electron chi connectivity index (χ1n) is 8.43. The molecule has 0 spiro atoms. The monoisotopic (exact) mass is 431 g/mol. The van der Waals surface area contributed by atoms with Crippen LogP contribution in [0.2, 0.25) is 5.02 Å². The third-order valence-electron chi connectivity index (χ3n) is 4.03. The van der Waals surface area contributed by atoms with Gasteiger partial charge in [0.1, 0.15) is 4.88 Å². The average Bonchev–Trinajstić information content (AvgIpc) is 3.00. The summed E-state index contributed by atoms with van der Waals surface area (Å²) in [4.78, 5) is 26.2. The number of amides is 2. The van der Waals surface area contributed by atoms with Gasteiger partial charge < -0.3 is 10.2 Å². The summed E-state index contributed by atoms with van der Waals surface area (Å²) in [6.45, 7) is 0. The van der Waals surface area contributed by atoms with Gasteiger partial charge in [-0.25, -0.2) is 0 Å². The van der Waals surface area contributed by atoms with Gasteiger partial charge >= 0.3 is 0 Å². The van der Waals surface area contributed by atoms with E-state index in [2.05, 4.69) is 10.6 Å². The molecule has 0 saturated carbocycles. The molecule has 2 N–H and O–H groups in total. The maximum Gasteiger partial charge on any atom is 0.269 e. The number of nitrogens with zero attached hydrogens (tertiary/aromatic N) is 1. The van der Waals surface area contributed by atoms with Gasteiger partial charge in [-0.2, -0.15) is 0 Å². The van der Waals surface area contributed by atoms with Crippen molar-refractivity contribution in [3.8, 4) is 0 Å². The molecule has 0 atom stereocenters. The smallest absolute Gasteiger partial charge is 0.269 e. The van der Waals surface area contributed by atoms with E-state index in [-0.39, 0.29) is 16.9 Å². The van der Waals surface area contributed by atoms with E-state index in [1.807, 2.05) is 48.5 Å². The van der Waals surface area contributed by atoms with Crippen LogP contribution >= 0.6 is 35.2 Å². The van der Waals surface area contributed by atoms with Gasteiger partial charge in [0.25, 0.3) is 5.91 Å². The number of hydrogen-bond donors (Lipinski definition) is 2. The van der Waals surface area contributed by atoms with E-state index < -0.39 is 0 Å². The second-order valence-electron chi connectivity index (χ2n) is 6.31. The predicted molar refractivity (Wildman–Crippen MR) is 119 cm³/mol. The molecule has 144 valence electrons. The lowest BCUT2D eigenvalue weighted by Gasteiger charge is -2.11. The van der Waals surface area contributed by atoms with Crippen molar-refractivity contribution in [3.05, 3.63) is 64.0 Å². The van der Waals surface area contributed by atoms with Crippen LogP contribution < -0.4 is 10.6 Å². The van der Waals surface area contributed by atoms with Crippen LogP contribution in [0.4, 0.5) is 5.69 Å². The number of carbonyl (C=O) groups is 2. The molecular weight excluding hydrogens is 414 g/mol. The molecule has 2 aromatic carbocycles. The summed E-state index contributed by atoms with van der Waals surface area (Å²) in [6, 6.07) is 14.9. The largest absolute Gasteiger partial charge is 0.349 e. The number of hydrogen-bond acceptors (Lipinski definition) is 4. The number of carbonyl (C=O) groups excluding carboxylic acids is 2. The molecule has 0 aliphatic carbocycles. The molecule has 0 aliphatic rings. The Morgan fingerprint density at radius 1 is 1.11 bits per heavy atom. The van der Waals surface area contributed by atoms with Crippen LogP contribution in [0, 0.1) is 0 Å². The molecule has 1 aromatic heterocycles. The fraction of sp³-hybridized carbons (Fsp3) is 0.150. The minimum Gasteiger partial charge on any atom is -0.349 e. The van der Waals surface area contributed by atoms with E-state index in [9.17, 15) is 9.59 Å². The Labute approximate surface area is 177 Å². The number of nitrogens with one attached hydrogen (secondary N) is 2. The van der Waals surface area contributed by atoms with E-state index in [4.69, 9.17) is 23.8 Å². The molecule has 0 unspecified atom stereocenters. The van der Waals surface area contributed by atoms with Crippen LogP contribution in [0.25, 0.3) is 10.1 Å². The Hall–Kier alpha value is -2.48. The number of thiophene rings is 1. The van der Waals surface area contributed by atoms with Gasteiger partial charge in [0.05, 0.1) is 11.4 Å². The van der Waals surface area contributed by atoms with Gasteiger partial charge in [-0.3, -0.25) is 14.9 Å². The Balaban J connectivity index is 1.62. The topological polar surface area (TPSA) is 61.4 Å².